The summed E-state index contributed by atoms with van der Waals surface area (Å²) in [7, 11) is 3.53. The second-order valence-electron chi connectivity index (χ2n) is 37.0. The zero-order chi connectivity index (χ0) is 102. The van der Waals surface area contributed by atoms with Gasteiger partial charge in [-0.2, -0.15) is 25.6 Å². The van der Waals surface area contributed by atoms with Crippen LogP contribution in [0.3, 0.4) is 0 Å². The SMILES string of the molecule is COC1CCN(c2cc(C#N)cc(-c3ccnc(Nc4ccc(-n5cnc(C)n5)cc4)n3)c2)CC1.COC1CCN(c2ncn(-c3ccc(Nc4nccc(-c5cc(F)cc(N6CCOCC6)c5)n4)cc3)n2)CC1.Cc1ccc(-c2ncn(-c3ccc(Nc4nccc(-c5cc(C#N)cc(N6CCCC(O)C6)c5)n4)cc3)n2)cn1.c1cc(-c2ccnc(Nc3ccc(-n4cnc(N5CCCCC5)n4)cc3)n2)cc(N2CCOCC2)c1. The molecule has 15 heterocycles. The molecule has 23 rings (SSSR count). The number of methoxy groups -OCH3 is 2. The number of ether oxygens (including phenoxy) is 4. The largest absolute Gasteiger partial charge is 0.391 e. The normalized spacial score (nSPS) is 15.5. The second kappa shape index (κ2) is 47.8. The van der Waals surface area contributed by atoms with Crippen LogP contribution in [0.4, 0.5) is 85.6 Å². The minimum absolute atomic E-state index is 0.298. The monoisotopic (exact) mass is 2010 g/mol. The maximum Gasteiger partial charge on any atom is 0.245 e. The van der Waals surface area contributed by atoms with Gasteiger partial charge < -0.3 is 74.7 Å². The van der Waals surface area contributed by atoms with Crippen LogP contribution in [0, 0.1) is 42.3 Å². The Hall–Kier alpha value is -17.5. The third-order valence-corrected chi connectivity index (χ3v) is 26.8. The number of halogens is 1. The van der Waals surface area contributed by atoms with Gasteiger partial charge in [-0.1, -0.05) is 12.1 Å². The Balaban J connectivity index is 0.000000121. The fourth-order valence-corrected chi connectivity index (χ4v) is 18.6. The highest BCUT2D eigenvalue weighted by Gasteiger charge is 2.27. The summed E-state index contributed by atoms with van der Waals surface area (Å²) < 4.78 is 43.4. The van der Waals surface area contributed by atoms with Gasteiger partial charge in [0.05, 0.1) is 114 Å². The molecule has 39 heteroatoms. The molecular formula is C111H114FN33O5. The first-order valence-electron chi connectivity index (χ1n) is 50.4. The van der Waals surface area contributed by atoms with E-state index in [1.807, 2.05) is 182 Å². The minimum atomic E-state index is -0.360. The number of rotatable bonds is 25. The highest BCUT2D eigenvalue weighted by Crippen LogP contribution is 2.36. The van der Waals surface area contributed by atoms with E-state index in [1.165, 1.54) is 31.0 Å². The molecule has 9 aromatic heterocycles. The molecule has 6 aliphatic rings. The Bertz CT molecular complexity index is 7470. The summed E-state index contributed by atoms with van der Waals surface area (Å²) in [6, 6.07) is 72.3. The average Bonchev–Trinajstić information content (AvgIpc) is 1.24. The third kappa shape index (κ3) is 25.6. The van der Waals surface area contributed by atoms with Crippen LogP contribution in [0.1, 0.15) is 80.4 Å². The number of nitrogens with zero attached hydrogens (tertiary/aromatic N) is 29. The fraction of sp³-hybridized carbons (Fsp3) is 0.288. The average molecular weight is 2010 g/mol. The number of nitriles is 2. The quantitative estimate of drug-likeness (QED) is 0.0355. The number of benzene rings is 8. The number of aliphatic hydroxyl groups excluding tert-OH is 1. The molecule has 0 amide bonds. The van der Waals surface area contributed by atoms with Crippen LogP contribution in [0.15, 0.2) is 269 Å². The summed E-state index contributed by atoms with van der Waals surface area (Å²) in [5.74, 6) is 4.49. The molecule has 0 bridgehead atoms. The number of pyridine rings is 1. The molecule has 6 saturated heterocycles. The van der Waals surface area contributed by atoms with Crippen LogP contribution in [0.2, 0.25) is 0 Å². The van der Waals surface area contributed by atoms with Crippen LogP contribution in [-0.4, -0.2) is 247 Å². The minimum Gasteiger partial charge on any atom is -0.391 e. The van der Waals surface area contributed by atoms with Crippen molar-refractivity contribution in [3.63, 3.8) is 0 Å². The smallest absolute Gasteiger partial charge is 0.245 e. The zero-order valence-electron chi connectivity index (χ0n) is 83.7. The van der Waals surface area contributed by atoms with Gasteiger partial charge in [-0.05, 0) is 272 Å². The van der Waals surface area contributed by atoms with Gasteiger partial charge in [0.15, 0.2) is 5.82 Å². The summed E-state index contributed by atoms with van der Waals surface area (Å²) >= 11 is 0. The van der Waals surface area contributed by atoms with Gasteiger partial charge in [-0.25, -0.2) is 73.0 Å². The molecule has 6 aliphatic heterocycles. The number of β-amino-alcohol motifs (C(OH)–C–C–N with tert-alkyl or cyclic N) is 1. The lowest BCUT2D eigenvalue weighted by molar-refractivity contribution is 0.0816. The maximum atomic E-state index is 14.5. The van der Waals surface area contributed by atoms with Crippen LogP contribution < -0.4 is 50.7 Å². The van der Waals surface area contributed by atoms with Crippen molar-refractivity contribution in [2.24, 2.45) is 0 Å². The molecule has 38 nitrogen and oxygen atoms in total. The first-order chi connectivity index (χ1) is 73.6. The Kier molecular flexibility index (Phi) is 31.8. The van der Waals surface area contributed by atoms with E-state index in [2.05, 4.69) is 163 Å². The lowest BCUT2D eigenvalue weighted by Gasteiger charge is -2.33. The molecule has 1 atom stereocenters. The van der Waals surface area contributed by atoms with E-state index in [9.17, 15) is 20.0 Å². The van der Waals surface area contributed by atoms with Crippen molar-refractivity contribution >= 4 is 81.2 Å². The van der Waals surface area contributed by atoms with E-state index >= 15 is 0 Å². The number of piperidine rings is 4. The summed E-state index contributed by atoms with van der Waals surface area (Å²) in [6.45, 7) is 16.9. The molecule has 6 fully saturated rings. The number of aryl methyl sites for hydroxylation is 2. The molecule has 150 heavy (non-hydrogen) atoms. The van der Waals surface area contributed by atoms with E-state index in [-0.39, 0.29) is 11.9 Å². The Labute approximate surface area is 867 Å². The molecule has 0 spiro atoms. The number of aliphatic hydroxyl groups is 1. The number of aromatic nitrogens is 21. The number of hydrogen-bond donors (Lipinski definition) is 5. The van der Waals surface area contributed by atoms with Gasteiger partial charge in [0.25, 0.3) is 0 Å². The van der Waals surface area contributed by atoms with E-state index in [4.69, 9.17) is 33.9 Å². The predicted octanol–water partition coefficient (Wildman–Crippen LogP) is 17.3. The fourth-order valence-electron chi connectivity index (χ4n) is 18.6. The van der Waals surface area contributed by atoms with Crippen molar-refractivity contribution in [2.45, 2.75) is 89.9 Å². The second-order valence-corrected chi connectivity index (χ2v) is 37.0. The van der Waals surface area contributed by atoms with Gasteiger partial charge in [0.1, 0.15) is 37.0 Å². The van der Waals surface area contributed by atoms with Crippen molar-refractivity contribution in [1.82, 2.24) is 104 Å². The van der Waals surface area contributed by atoms with Gasteiger partial charge in [-0.3, -0.25) is 4.98 Å². The zero-order valence-corrected chi connectivity index (χ0v) is 83.7. The summed E-state index contributed by atoms with van der Waals surface area (Å²) in [6.07, 6.45) is 25.1. The van der Waals surface area contributed by atoms with Gasteiger partial charge >= 0.3 is 0 Å². The number of morpholine rings is 2. The number of hydrogen-bond acceptors (Lipinski definition) is 34. The molecule has 5 N–H and O–H groups in total. The van der Waals surface area contributed by atoms with Crippen molar-refractivity contribution < 1.29 is 28.4 Å². The van der Waals surface area contributed by atoms with Crippen molar-refractivity contribution in [1.29, 1.82) is 10.5 Å². The maximum absolute atomic E-state index is 14.5. The predicted molar refractivity (Wildman–Crippen MR) is 575 cm³/mol. The number of anilines is 14. The van der Waals surface area contributed by atoms with Crippen LogP contribution >= 0.6 is 0 Å². The van der Waals surface area contributed by atoms with Gasteiger partial charge in [0, 0.05) is 203 Å². The summed E-state index contributed by atoms with van der Waals surface area (Å²) in [5.41, 5.74) is 20.4. The van der Waals surface area contributed by atoms with Crippen molar-refractivity contribution in [3.8, 4) is 91.3 Å². The first kappa shape index (κ1) is 99.8. The first-order valence-corrected chi connectivity index (χ1v) is 50.4. The molecule has 8 aromatic carbocycles. The molecular weight excluding hydrogens is 1890 g/mol. The third-order valence-electron chi connectivity index (χ3n) is 26.8. The lowest BCUT2D eigenvalue weighted by Crippen LogP contribution is -2.38. The van der Waals surface area contributed by atoms with Crippen LogP contribution in [-0.2, 0) is 18.9 Å². The van der Waals surface area contributed by atoms with Crippen LogP contribution in [0.25, 0.3) is 79.2 Å². The summed E-state index contributed by atoms with van der Waals surface area (Å²) in [5, 5.41) is 60.7. The highest BCUT2D eigenvalue weighted by molar-refractivity contribution is 5.74. The van der Waals surface area contributed by atoms with Gasteiger partial charge in [-0.15, -0.1) is 15.3 Å². The molecule has 17 aromatic rings. The van der Waals surface area contributed by atoms with Crippen LogP contribution in [0.5, 0.6) is 0 Å². The highest BCUT2D eigenvalue weighted by atomic mass is 19.1. The van der Waals surface area contributed by atoms with E-state index < -0.39 is 0 Å². The molecule has 1 unspecified atom stereocenters. The van der Waals surface area contributed by atoms with Gasteiger partial charge in [0.2, 0.25) is 35.7 Å². The Morgan fingerprint density at radius 2 is 0.747 bits per heavy atom. The molecule has 760 valence electrons. The van der Waals surface area contributed by atoms with Crippen molar-refractivity contribution in [2.75, 3.05) is 170 Å². The summed E-state index contributed by atoms with van der Waals surface area (Å²) in [4.78, 5) is 71.6. The molecule has 0 radical (unpaired) electrons. The van der Waals surface area contributed by atoms with E-state index in [0.29, 0.717) is 89.7 Å². The lowest BCUT2D eigenvalue weighted by atomic mass is 10.0. The van der Waals surface area contributed by atoms with Crippen molar-refractivity contribution in [3.05, 3.63) is 297 Å². The van der Waals surface area contributed by atoms with E-state index in [0.717, 1.165) is 243 Å². The Morgan fingerprint density at radius 3 is 1.19 bits per heavy atom. The molecule has 0 saturated carbocycles. The molecule has 0 aliphatic carbocycles. The Morgan fingerprint density at radius 1 is 0.347 bits per heavy atom. The van der Waals surface area contributed by atoms with E-state index in [1.54, 1.807) is 96.7 Å². The number of nitrogens with one attached hydrogen (secondary N) is 4. The topological polar surface area (TPSA) is 411 Å². The standard InChI is InChI=1S/C30H27N9O.C28H31FN8O2.C27H30N8O.C26H26N8O/c1-20-4-5-22(17-33-20)29-34-19-39(37-29)25-8-6-24(7-9-25)35-30-32-11-10-28(36-30)23-13-21(16-31)14-26(15-23)38-12-2-3-27(40)18-38;1-38-25-7-10-36(11-8-25)28-31-19-37(34-28)23-4-2-22(3-5-23)32-27-30-9-6-26(33-27)20-16-21(29)18-24(17-20)35-12-14-39-15-13-35;1-2-13-34(14-3-1)27-29-20-35(32-27)23-9-7-22(8-10-23)30-26-28-12-11-25(31-26)21-5-4-6-24(19-21)33-15-17-36-18-16-33;1-18-29-17-34(32-18)22-5-3-21(4-6-22)30-26-28-10-7-25(31-26)20-13-19(16-27)14-23(15-20)33-11-8-24(35-2)9-12-33/h4-11,13-15,17,19,27,40H,2-3,12,18H2,1H3,(H,32,35,36);2-6,9,16-19,25H,7-8,10-15H2,1H3,(H,30,32,33);4-12,19-20H,1-3,13-18H2,(H,28,30,31);3-7,10,13-15,17,24H,8-9,11-12H2,1-2H3,(H,28,30,31).